The van der Waals surface area contributed by atoms with Crippen molar-refractivity contribution in [2.75, 3.05) is 13.1 Å². The van der Waals surface area contributed by atoms with Crippen molar-refractivity contribution in [1.29, 1.82) is 0 Å². The van der Waals surface area contributed by atoms with Crippen LogP contribution in [0.2, 0.25) is 0 Å². The number of rotatable bonds is 6. The molecule has 3 aromatic carbocycles. The highest BCUT2D eigenvalue weighted by Crippen LogP contribution is 2.33. The molecule has 0 spiro atoms. The zero-order chi connectivity index (χ0) is 24.0. The maximum Gasteiger partial charge on any atom is 0.429 e. The van der Waals surface area contributed by atoms with Gasteiger partial charge in [-0.05, 0) is 23.1 Å². The van der Waals surface area contributed by atoms with Crippen LogP contribution >= 0.6 is 0 Å². The van der Waals surface area contributed by atoms with E-state index in [9.17, 15) is 9.59 Å². The lowest BCUT2D eigenvalue weighted by Gasteiger charge is -2.30. The lowest BCUT2D eigenvalue weighted by atomic mass is 10.0. The fourth-order valence-electron chi connectivity index (χ4n) is 4.86. The standard InChI is InChI=1S/C28H29N3O4/c32-27(34-20-23-12-6-2-7-13-23)30-25-16-26(19-29(18-25)17-22-10-4-1-5-11-22)31(30)28(33)35-21-24-14-8-3-9-15-24/h1-15,25-26H,16-21H2. The molecular weight excluding hydrogens is 442 g/mol. The molecule has 35 heavy (non-hydrogen) atoms. The van der Waals surface area contributed by atoms with Crippen LogP contribution < -0.4 is 0 Å². The predicted molar refractivity (Wildman–Crippen MR) is 131 cm³/mol. The third kappa shape index (κ3) is 5.46. The van der Waals surface area contributed by atoms with Crippen molar-refractivity contribution in [3.8, 4) is 0 Å². The zero-order valence-electron chi connectivity index (χ0n) is 19.5. The van der Waals surface area contributed by atoms with Crippen molar-refractivity contribution in [1.82, 2.24) is 14.9 Å². The summed E-state index contributed by atoms with van der Waals surface area (Å²) >= 11 is 0. The molecule has 0 radical (unpaired) electrons. The van der Waals surface area contributed by atoms with Crippen LogP contribution in [0.25, 0.3) is 0 Å². The topological polar surface area (TPSA) is 62.3 Å². The first kappa shape index (κ1) is 22.9. The first-order valence-corrected chi connectivity index (χ1v) is 11.9. The van der Waals surface area contributed by atoms with Gasteiger partial charge in [-0.25, -0.2) is 19.6 Å². The van der Waals surface area contributed by atoms with Gasteiger partial charge in [0.2, 0.25) is 0 Å². The molecule has 5 rings (SSSR count). The van der Waals surface area contributed by atoms with Crippen molar-refractivity contribution >= 4 is 12.2 Å². The van der Waals surface area contributed by atoms with E-state index in [1.807, 2.05) is 78.9 Å². The normalized spacial score (nSPS) is 19.4. The van der Waals surface area contributed by atoms with E-state index < -0.39 is 12.2 Å². The summed E-state index contributed by atoms with van der Waals surface area (Å²) in [6.45, 7) is 2.37. The van der Waals surface area contributed by atoms with E-state index in [0.717, 1.165) is 17.7 Å². The van der Waals surface area contributed by atoms with Crippen molar-refractivity contribution in [3.63, 3.8) is 0 Å². The molecule has 3 aromatic rings. The Morgan fingerprint density at radius 1 is 0.629 bits per heavy atom. The van der Waals surface area contributed by atoms with Gasteiger partial charge in [-0.15, -0.1) is 0 Å². The largest absolute Gasteiger partial charge is 0.443 e. The van der Waals surface area contributed by atoms with Gasteiger partial charge in [-0.3, -0.25) is 4.90 Å². The SMILES string of the molecule is O=C(OCc1ccccc1)N1C2CC(CN(Cc3ccccc3)C2)N1C(=O)OCc1ccccc1. The number of fused-ring (bicyclic) bond motifs is 2. The molecule has 2 aliphatic heterocycles. The second kappa shape index (κ2) is 10.6. The third-order valence-electron chi connectivity index (χ3n) is 6.44. The van der Waals surface area contributed by atoms with Crippen molar-refractivity contribution in [2.45, 2.75) is 38.3 Å². The molecule has 7 heteroatoms. The van der Waals surface area contributed by atoms with Gasteiger partial charge in [-0.1, -0.05) is 91.0 Å². The monoisotopic (exact) mass is 471 g/mol. The molecular formula is C28H29N3O4. The molecule has 2 saturated heterocycles. The number of piperidine rings is 1. The van der Waals surface area contributed by atoms with Crippen LogP contribution in [0.4, 0.5) is 9.59 Å². The molecule has 7 nitrogen and oxygen atoms in total. The number of carbonyl (C=O) groups is 2. The number of ether oxygens (including phenoxy) is 2. The lowest BCUT2D eigenvalue weighted by Crippen LogP contribution is -2.50. The molecule has 2 unspecified atom stereocenters. The maximum absolute atomic E-state index is 13.3. The van der Waals surface area contributed by atoms with Crippen LogP contribution in [0, 0.1) is 0 Å². The smallest absolute Gasteiger partial charge is 0.429 e. The fraction of sp³-hybridized carbons (Fsp3) is 0.286. The number of amides is 2. The second-order valence-electron chi connectivity index (χ2n) is 8.99. The molecule has 2 amide bonds. The van der Waals surface area contributed by atoms with Crippen molar-refractivity contribution in [2.24, 2.45) is 0 Å². The lowest BCUT2D eigenvalue weighted by molar-refractivity contribution is -0.0199. The Hall–Kier alpha value is -3.84. The van der Waals surface area contributed by atoms with Crippen LogP contribution in [-0.2, 0) is 29.2 Å². The van der Waals surface area contributed by atoms with E-state index in [1.54, 1.807) is 0 Å². The number of carbonyl (C=O) groups excluding carboxylic acids is 2. The summed E-state index contributed by atoms with van der Waals surface area (Å²) in [5, 5.41) is 2.96. The number of benzene rings is 3. The minimum Gasteiger partial charge on any atom is -0.443 e. The highest BCUT2D eigenvalue weighted by Gasteiger charge is 2.50. The van der Waals surface area contributed by atoms with E-state index in [4.69, 9.17) is 9.47 Å². The van der Waals surface area contributed by atoms with Gasteiger partial charge < -0.3 is 9.47 Å². The van der Waals surface area contributed by atoms with Gasteiger partial charge in [0, 0.05) is 19.6 Å². The summed E-state index contributed by atoms with van der Waals surface area (Å²) in [5.74, 6) is 0. The number of hydrogen-bond donors (Lipinski definition) is 0. The minimum absolute atomic E-state index is 0.147. The first-order valence-electron chi connectivity index (χ1n) is 11.9. The van der Waals surface area contributed by atoms with Crippen LogP contribution in [0.3, 0.4) is 0 Å². The summed E-state index contributed by atoms with van der Waals surface area (Å²) in [4.78, 5) is 28.8. The van der Waals surface area contributed by atoms with Gasteiger partial charge in [0.25, 0.3) is 0 Å². The van der Waals surface area contributed by atoms with Gasteiger partial charge in [0.05, 0.1) is 12.1 Å². The van der Waals surface area contributed by atoms with E-state index in [0.29, 0.717) is 19.5 Å². The second-order valence-corrected chi connectivity index (χ2v) is 8.99. The molecule has 2 heterocycles. The number of hydrazine groups is 1. The number of nitrogens with zero attached hydrogens (tertiary/aromatic N) is 3. The molecule has 0 saturated carbocycles. The van der Waals surface area contributed by atoms with E-state index >= 15 is 0 Å². The van der Waals surface area contributed by atoms with E-state index in [1.165, 1.54) is 15.6 Å². The Bertz CT molecular complexity index is 1060. The summed E-state index contributed by atoms with van der Waals surface area (Å²) in [5.41, 5.74) is 2.99. The Labute approximate surface area is 205 Å². The Morgan fingerprint density at radius 3 is 1.46 bits per heavy atom. The first-order chi connectivity index (χ1) is 17.2. The van der Waals surface area contributed by atoms with Crippen LogP contribution in [0.5, 0.6) is 0 Å². The molecule has 0 aromatic heterocycles. The highest BCUT2D eigenvalue weighted by molar-refractivity contribution is 5.76. The average Bonchev–Trinajstić information content (AvgIpc) is 3.17. The Balaban J connectivity index is 1.31. The summed E-state index contributed by atoms with van der Waals surface area (Å²) in [6, 6.07) is 29.0. The number of hydrogen-bond acceptors (Lipinski definition) is 5. The van der Waals surface area contributed by atoms with Gasteiger partial charge in [0.1, 0.15) is 13.2 Å². The van der Waals surface area contributed by atoms with E-state index in [2.05, 4.69) is 17.0 Å². The van der Waals surface area contributed by atoms with E-state index in [-0.39, 0.29) is 25.3 Å². The molecule has 0 N–H and O–H groups in total. The summed E-state index contributed by atoms with van der Waals surface area (Å²) in [7, 11) is 0. The molecule has 2 bridgehead atoms. The molecule has 2 atom stereocenters. The van der Waals surface area contributed by atoms with Crippen molar-refractivity contribution < 1.29 is 19.1 Å². The van der Waals surface area contributed by atoms with Crippen LogP contribution in [-0.4, -0.2) is 52.3 Å². The summed E-state index contributed by atoms with van der Waals surface area (Å²) in [6.07, 6.45) is -0.356. The van der Waals surface area contributed by atoms with Gasteiger partial charge in [-0.2, -0.15) is 0 Å². The minimum atomic E-state index is -0.528. The average molecular weight is 472 g/mol. The zero-order valence-corrected chi connectivity index (χ0v) is 19.5. The molecule has 0 aliphatic carbocycles. The van der Waals surface area contributed by atoms with Crippen LogP contribution in [0.1, 0.15) is 23.1 Å². The summed E-state index contributed by atoms with van der Waals surface area (Å²) < 4.78 is 11.3. The highest BCUT2D eigenvalue weighted by atomic mass is 16.6. The maximum atomic E-state index is 13.3. The third-order valence-corrected chi connectivity index (χ3v) is 6.44. The molecule has 2 aliphatic rings. The fourth-order valence-corrected chi connectivity index (χ4v) is 4.86. The number of likely N-dealkylation sites (tertiary alicyclic amines) is 1. The predicted octanol–water partition coefficient (Wildman–Crippen LogP) is 4.84. The van der Waals surface area contributed by atoms with Crippen LogP contribution in [0.15, 0.2) is 91.0 Å². The van der Waals surface area contributed by atoms with Gasteiger partial charge >= 0.3 is 12.2 Å². The molecule has 2 fully saturated rings. The molecule has 180 valence electrons. The Kier molecular flexibility index (Phi) is 6.95. The Morgan fingerprint density at radius 2 is 1.03 bits per heavy atom. The quantitative estimate of drug-likeness (QED) is 0.515. The van der Waals surface area contributed by atoms with Gasteiger partial charge in [0.15, 0.2) is 0 Å². The van der Waals surface area contributed by atoms with Crippen molar-refractivity contribution in [3.05, 3.63) is 108 Å².